The maximum absolute atomic E-state index is 9.78. The molecule has 2 nitrogen and oxygen atoms in total. The van der Waals surface area contributed by atoms with Crippen LogP contribution < -0.4 is 0 Å². The van der Waals surface area contributed by atoms with Gasteiger partial charge in [0, 0.05) is 5.92 Å². The normalized spacial score (nSPS) is 11.6. The van der Waals surface area contributed by atoms with Crippen molar-refractivity contribution in [1.82, 2.24) is 0 Å². The summed E-state index contributed by atoms with van der Waals surface area (Å²) in [7, 11) is 0. The Hall–Kier alpha value is -2.74. The molecule has 174 valence electrons. The van der Waals surface area contributed by atoms with Gasteiger partial charge in [0.05, 0.1) is 0 Å². The van der Waals surface area contributed by atoms with Crippen molar-refractivity contribution in [2.24, 2.45) is 0 Å². The highest BCUT2D eigenvalue weighted by atomic mass is 16.3. The lowest BCUT2D eigenvalue weighted by atomic mass is 9.85. The first kappa shape index (κ1) is 27.3. The summed E-state index contributed by atoms with van der Waals surface area (Å²) in [5.41, 5.74) is 7.81. The highest BCUT2D eigenvalue weighted by molar-refractivity contribution is 5.45. The number of aryl methyl sites for hydroxylation is 4. The lowest BCUT2D eigenvalue weighted by Crippen LogP contribution is -2.11. The van der Waals surface area contributed by atoms with Crippen LogP contribution in [0.5, 0.6) is 11.5 Å². The number of rotatable bonds is 2. The summed E-state index contributed by atoms with van der Waals surface area (Å²) in [4.78, 5) is 0. The molecule has 1 atom stereocenters. The van der Waals surface area contributed by atoms with Gasteiger partial charge in [0.2, 0.25) is 0 Å². The first-order valence-electron chi connectivity index (χ1n) is 11.6. The van der Waals surface area contributed by atoms with Crippen molar-refractivity contribution >= 4 is 0 Å². The molecule has 0 bridgehead atoms. The number of hydrogen-bond donors (Lipinski definition) is 2. The summed E-state index contributed by atoms with van der Waals surface area (Å²) in [5, 5.41) is 19.4. The van der Waals surface area contributed by atoms with E-state index in [1.807, 2.05) is 47.6 Å². The van der Waals surface area contributed by atoms with Crippen molar-refractivity contribution in [3.63, 3.8) is 0 Å². The zero-order valence-corrected chi connectivity index (χ0v) is 21.7. The minimum absolute atomic E-state index is 0.156. The summed E-state index contributed by atoms with van der Waals surface area (Å²) in [6, 6.07) is 18.7. The number of phenols is 2. The molecule has 0 aromatic heterocycles. The van der Waals surface area contributed by atoms with Crippen molar-refractivity contribution in [3.05, 3.63) is 93.5 Å². The van der Waals surface area contributed by atoms with E-state index in [1.54, 1.807) is 0 Å². The minimum atomic E-state index is 0.156. The van der Waals surface area contributed by atoms with Crippen molar-refractivity contribution in [3.8, 4) is 11.5 Å². The third-order valence-corrected chi connectivity index (χ3v) is 5.67. The van der Waals surface area contributed by atoms with Crippen LogP contribution >= 0.6 is 0 Å². The summed E-state index contributed by atoms with van der Waals surface area (Å²) in [5.74, 6) is 1.19. The summed E-state index contributed by atoms with van der Waals surface area (Å²) >= 11 is 0. The first-order chi connectivity index (χ1) is 14.9. The molecule has 0 aliphatic heterocycles. The van der Waals surface area contributed by atoms with Crippen LogP contribution in [0.1, 0.15) is 86.4 Å². The Kier molecular flexibility index (Phi) is 10.0. The zero-order valence-electron chi connectivity index (χ0n) is 21.7. The van der Waals surface area contributed by atoms with Crippen molar-refractivity contribution in [2.45, 2.75) is 80.6 Å². The molecular formula is C30H42O2. The largest absolute Gasteiger partial charge is 0.507 e. The van der Waals surface area contributed by atoms with Crippen LogP contribution in [0.25, 0.3) is 0 Å². The summed E-state index contributed by atoms with van der Waals surface area (Å²) in [6.45, 7) is 20.5. The van der Waals surface area contributed by atoms with Gasteiger partial charge in [-0.2, -0.15) is 0 Å². The Bertz CT molecular complexity index is 949. The van der Waals surface area contributed by atoms with E-state index in [0.29, 0.717) is 17.4 Å². The van der Waals surface area contributed by atoms with Crippen LogP contribution in [-0.2, 0) is 5.41 Å². The fourth-order valence-electron chi connectivity index (χ4n) is 3.56. The lowest BCUT2D eigenvalue weighted by molar-refractivity contribution is 0.465. The van der Waals surface area contributed by atoms with E-state index in [0.717, 1.165) is 22.3 Å². The molecule has 0 heterocycles. The molecule has 0 saturated carbocycles. The summed E-state index contributed by atoms with van der Waals surface area (Å²) < 4.78 is 0. The lowest BCUT2D eigenvalue weighted by Gasteiger charge is -2.20. The van der Waals surface area contributed by atoms with Crippen molar-refractivity contribution < 1.29 is 10.2 Å². The molecule has 0 spiro atoms. The SMILES string of the molecule is CC.Cc1cc(C(C)(C)C)cc(C)c1O.Cc1cc(C(C)c2ccccc2)cc(C)c1O. The van der Waals surface area contributed by atoms with Gasteiger partial charge in [0.1, 0.15) is 11.5 Å². The molecule has 32 heavy (non-hydrogen) atoms. The van der Waals surface area contributed by atoms with Gasteiger partial charge in [-0.3, -0.25) is 0 Å². The molecule has 3 aromatic carbocycles. The van der Waals surface area contributed by atoms with E-state index in [1.165, 1.54) is 16.7 Å². The molecule has 1 unspecified atom stereocenters. The molecule has 3 aromatic rings. The number of phenolic OH excluding ortho intramolecular Hbond substituents is 2. The van der Waals surface area contributed by atoms with E-state index in [4.69, 9.17) is 0 Å². The predicted octanol–water partition coefficient (Wildman–Crippen LogP) is 8.49. The molecule has 0 aliphatic rings. The minimum Gasteiger partial charge on any atom is -0.507 e. The number of aromatic hydroxyl groups is 2. The summed E-state index contributed by atoms with van der Waals surface area (Å²) in [6.07, 6.45) is 0. The van der Waals surface area contributed by atoms with E-state index in [9.17, 15) is 10.2 Å². The van der Waals surface area contributed by atoms with E-state index >= 15 is 0 Å². The van der Waals surface area contributed by atoms with Crippen molar-refractivity contribution in [2.75, 3.05) is 0 Å². The van der Waals surface area contributed by atoms with Crippen LogP contribution in [0.4, 0.5) is 0 Å². The fourth-order valence-corrected chi connectivity index (χ4v) is 3.56. The quantitative estimate of drug-likeness (QED) is 0.424. The van der Waals surface area contributed by atoms with Gasteiger partial charge in [-0.25, -0.2) is 0 Å². The standard InChI is InChI=1S/C16H18O.C12H18O.C2H6/c1-11-9-15(10-12(2)16(11)17)13(3)14-7-5-4-6-8-14;1-8-6-10(12(3,4)5)7-9(2)11(8)13;1-2/h4-10,13,17H,1-3H3;6-7,13H,1-5H3;1-2H3. The van der Waals surface area contributed by atoms with E-state index in [2.05, 4.69) is 76.2 Å². The van der Waals surface area contributed by atoms with E-state index in [-0.39, 0.29) is 5.41 Å². The van der Waals surface area contributed by atoms with Crippen molar-refractivity contribution in [1.29, 1.82) is 0 Å². The average Bonchev–Trinajstić information content (AvgIpc) is 2.76. The van der Waals surface area contributed by atoms with Gasteiger partial charge in [0.15, 0.2) is 0 Å². The van der Waals surface area contributed by atoms with Gasteiger partial charge in [-0.05, 0) is 72.1 Å². The average molecular weight is 435 g/mol. The topological polar surface area (TPSA) is 40.5 Å². The molecule has 3 rings (SSSR count). The Morgan fingerprint density at radius 3 is 1.38 bits per heavy atom. The second-order valence-corrected chi connectivity index (χ2v) is 9.34. The van der Waals surface area contributed by atoms with Gasteiger partial charge in [-0.1, -0.05) is 96.1 Å². The molecule has 0 saturated heterocycles. The maximum Gasteiger partial charge on any atom is 0.121 e. The highest BCUT2D eigenvalue weighted by Gasteiger charge is 2.15. The first-order valence-corrected chi connectivity index (χ1v) is 11.6. The Morgan fingerprint density at radius 2 is 1.00 bits per heavy atom. The Balaban J connectivity index is 0.000000307. The second kappa shape index (κ2) is 11.8. The smallest absolute Gasteiger partial charge is 0.121 e. The van der Waals surface area contributed by atoms with Crippen LogP contribution in [0.2, 0.25) is 0 Å². The van der Waals surface area contributed by atoms with Crippen LogP contribution in [0.3, 0.4) is 0 Å². The third kappa shape index (κ3) is 7.15. The van der Waals surface area contributed by atoms with Crippen LogP contribution in [-0.4, -0.2) is 10.2 Å². The molecule has 2 heteroatoms. The molecular weight excluding hydrogens is 392 g/mol. The van der Waals surface area contributed by atoms with Crippen LogP contribution in [0.15, 0.2) is 54.6 Å². The van der Waals surface area contributed by atoms with Gasteiger partial charge in [-0.15, -0.1) is 0 Å². The molecule has 0 amide bonds. The number of hydrogen-bond acceptors (Lipinski definition) is 2. The molecule has 2 N–H and O–H groups in total. The van der Waals surface area contributed by atoms with Crippen LogP contribution in [0, 0.1) is 27.7 Å². The third-order valence-electron chi connectivity index (χ3n) is 5.67. The zero-order chi connectivity index (χ0) is 24.6. The van der Waals surface area contributed by atoms with Gasteiger partial charge >= 0.3 is 0 Å². The molecule has 0 radical (unpaired) electrons. The molecule has 0 fully saturated rings. The van der Waals surface area contributed by atoms with Gasteiger partial charge < -0.3 is 10.2 Å². The fraction of sp³-hybridized carbons (Fsp3) is 0.400. The van der Waals surface area contributed by atoms with E-state index < -0.39 is 0 Å². The maximum atomic E-state index is 9.78. The highest BCUT2D eigenvalue weighted by Crippen LogP contribution is 2.31. The molecule has 0 aliphatic carbocycles. The Labute approximate surface area is 196 Å². The second-order valence-electron chi connectivity index (χ2n) is 9.34. The monoisotopic (exact) mass is 434 g/mol. The predicted molar refractivity (Wildman–Crippen MR) is 139 cm³/mol. The van der Waals surface area contributed by atoms with Gasteiger partial charge in [0.25, 0.3) is 0 Å². The number of benzene rings is 3. The Morgan fingerprint density at radius 1 is 0.625 bits per heavy atom.